The van der Waals surface area contributed by atoms with Crippen LogP contribution in [0.2, 0.25) is 0 Å². The van der Waals surface area contributed by atoms with E-state index in [1.807, 2.05) is 0 Å². The number of hydrogen-bond acceptors (Lipinski definition) is 1. The van der Waals surface area contributed by atoms with Crippen molar-refractivity contribution in [1.29, 1.82) is 0 Å². The maximum absolute atomic E-state index is 10.5. The molecule has 0 saturated heterocycles. The topological polar surface area (TPSA) is 37.3 Å². The maximum Gasteiger partial charge on any atom is 0.306 e. The molecule has 0 fully saturated rings. The molecule has 0 radical (unpaired) electrons. The van der Waals surface area contributed by atoms with Crippen LogP contribution in [-0.4, -0.2) is 11.1 Å². The average Bonchev–Trinajstić information content (AvgIpc) is 2.01. The molecular weight excluding hydrogens is 176 g/mol. The Balaban J connectivity index is 3.35. The van der Waals surface area contributed by atoms with Gasteiger partial charge in [0.15, 0.2) is 0 Å². The monoisotopic (exact) mass is 200 g/mol. The highest BCUT2D eigenvalue weighted by Gasteiger charge is 2.11. The minimum atomic E-state index is -0.666. The van der Waals surface area contributed by atoms with Gasteiger partial charge in [0.2, 0.25) is 0 Å². The van der Waals surface area contributed by atoms with Crippen LogP contribution in [0.4, 0.5) is 0 Å². The number of hydrogen-bond donors (Lipinski definition) is 1. The van der Waals surface area contributed by atoms with Gasteiger partial charge >= 0.3 is 5.97 Å². The molecule has 0 spiro atoms. The quantitative estimate of drug-likeness (QED) is 0.664. The fraction of sp³-hybridized carbons (Fsp3) is 0.917. The van der Waals surface area contributed by atoms with E-state index in [-0.39, 0.29) is 5.92 Å². The fourth-order valence-electron chi connectivity index (χ4n) is 1.41. The van der Waals surface area contributed by atoms with E-state index >= 15 is 0 Å². The van der Waals surface area contributed by atoms with Crippen molar-refractivity contribution >= 4 is 5.97 Å². The van der Waals surface area contributed by atoms with Crippen LogP contribution in [-0.2, 0) is 4.79 Å². The average molecular weight is 200 g/mol. The molecule has 2 nitrogen and oxygen atoms in total. The van der Waals surface area contributed by atoms with Crippen LogP contribution in [0.25, 0.3) is 0 Å². The zero-order valence-electron chi connectivity index (χ0n) is 9.97. The van der Waals surface area contributed by atoms with Crippen molar-refractivity contribution in [1.82, 2.24) is 0 Å². The molecule has 1 atom stereocenters. The minimum Gasteiger partial charge on any atom is -0.481 e. The van der Waals surface area contributed by atoms with Gasteiger partial charge in [-0.1, -0.05) is 47.0 Å². The molecule has 84 valence electrons. The lowest BCUT2D eigenvalue weighted by molar-refractivity contribution is -0.141. The predicted molar refractivity (Wildman–Crippen MR) is 59.3 cm³/mol. The molecule has 2 heteroatoms. The Kier molecular flexibility index (Phi) is 5.82. The minimum absolute atomic E-state index is 0.176. The zero-order chi connectivity index (χ0) is 11.2. The molecule has 0 rings (SSSR count). The lowest BCUT2D eigenvalue weighted by Crippen LogP contribution is -2.09. The first-order valence-electron chi connectivity index (χ1n) is 5.56. The van der Waals surface area contributed by atoms with Crippen molar-refractivity contribution in [3.63, 3.8) is 0 Å². The summed E-state index contributed by atoms with van der Waals surface area (Å²) in [6, 6.07) is 0. The van der Waals surface area contributed by atoms with Crippen LogP contribution in [0.1, 0.15) is 59.8 Å². The first-order chi connectivity index (χ1) is 6.33. The van der Waals surface area contributed by atoms with Gasteiger partial charge in [0, 0.05) is 0 Å². The van der Waals surface area contributed by atoms with Gasteiger partial charge in [-0.2, -0.15) is 0 Å². The van der Waals surface area contributed by atoms with Crippen molar-refractivity contribution in [2.24, 2.45) is 11.3 Å². The second-order valence-electron chi connectivity index (χ2n) is 5.40. The molecule has 0 amide bonds. The summed E-state index contributed by atoms with van der Waals surface area (Å²) in [5, 5.41) is 8.67. The van der Waals surface area contributed by atoms with Gasteiger partial charge in [0.25, 0.3) is 0 Å². The molecule has 14 heavy (non-hydrogen) atoms. The molecule has 0 aromatic carbocycles. The number of carbonyl (C=O) groups is 1. The number of carboxylic acids is 1. The molecule has 0 heterocycles. The molecule has 0 aliphatic heterocycles. The van der Waals surface area contributed by atoms with Crippen LogP contribution in [0.3, 0.4) is 0 Å². The summed E-state index contributed by atoms with van der Waals surface area (Å²) < 4.78 is 0. The summed E-state index contributed by atoms with van der Waals surface area (Å²) in [6.07, 6.45) is 5.47. The number of unbranched alkanes of at least 4 members (excludes halogenated alkanes) is 2. The van der Waals surface area contributed by atoms with Gasteiger partial charge in [-0.3, -0.25) is 4.79 Å². The lowest BCUT2D eigenvalue weighted by Gasteiger charge is -2.17. The van der Waals surface area contributed by atoms with E-state index < -0.39 is 5.97 Å². The summed E-state index contributed by atoms with van der Waals surface area (Å²) >= 11 is 0. The summed E-state index contributed by atoms with van der Waals surface area (Å²) in [6.45, 7) is 8.51. The molecule has 0 aromatic heterocycles. The van der Waals surface area contributed by atoms with Gasteiger partial charge in [-0.15, -0.1) is 0 Å². The predicted octanol–water partition coefficient (Wildman–Crippen LogP) is 3.70. The van der Waals surface area contributed by atoms with E-state index in [1.165, 1.54) is 12.8 Å². The Morgan fingerprint density at radius 2 is 1.79 bits per heavy atom. The van der Waals surface area contributed by atoms with E-state index in [0.717, 1.165) is 19.3 Å². The Hall–Kier alpha value is -0.530. The molecule has 0 bridgehead atoms. The summed E-state index contributed by atoms with van der Waals surface area (Å²) in [5.74, 6) is -0.842. The molecule has 0 aromatic rings. The van der Waals surface area contributed by atoms with Crippen molar-refractivity contribution in [2.45, 2.75) is 59.8 Å². The molecule has 1 unspecified atom stereocenters. The normalized spacial score (nSPS) is 14.0. The molecule has 0 aliphatic rings. The summed E-state index contributed by atoms with van der Waals surface area (Å²) in [4.78, 5) is 10.5. The highest BCUT2D eigenvalue weighted by molar-refractivity contribution is 5.69. The van der Waals surface area contributed by atoms with Crippen molar-refractivity contribution in [3.05, 3.63) is 0 Å². The van der Waals surface area contributed by atoms with Crippen LogP contribution in [0.5, 0.6) is 0 Å². The molecule has 1 N–H and O–H groups in total. The van der Waals surface area contributed by atoms with Gasteiger partial charge in [0.1, 0.15) is 0 Å². The van der Waals surface area contributed by atoms with E-state index in [1.54, 1.807) is 6.92 Å². The third-order valence-corrected chi connectivity index (χ3v) is 2.49. The molecule has 0 saturated carbocycles. The maximum atomic E-state index is 10.5. The van der Waals surface area contributed by atoms with E-state index in [9.17, 15) is 4.79 Å². The second-order valence-corrected chi connectivity index (χ2v) is 5.40. The number of rotatable bonds is 6. The number of carboxylic acid groups (broad SMARTS) is 1. The number of aliphatic carboxylic acids is 1. The molecule has 0 aliphatic carbocycles. The summed E-state index contributed by atoms with van der Waals surface area (Å²) in [5.41, 5.74) is 0.415. The van der Waals surface area contributed by atoms with Crippen molar-refractivity contribution < 1.29 is 9.90 Å². The Morgan fingerprint density at radius 3 is 2.21 bits per heavy atom. The van der Waals surface area contributed by atoms with E-state index in [0.29, 0.717) is 5.41 Å². The van der Waals surface area contributed by atoms with Gasteiger partial charge in [-0.05, 0) is 18.3 Å². The van der Waals surface area contributed by atoms with E-state index in [2.05, 4.69) is 20.8 Å². The second kappa shape index (κ2) is 6.05. The van der Waals surface area contributed by atoms with Crippen LogP contribution < -0.4 is 0 Å². The third-order valence-electron chi connectivity index (χ3n) is 2.49. The fourth-order valence-corrected chi connectivity index (χ4v) is 1.41. The largest absolute Gasteiger partial charge is 0.481 e. The Bertz CT molecular complexity index is 168. The Morgan fingerprint density at radius 1 is 1.21 bits per heavy atom. The zero-order valence-corrected chi connectivity index (χ0v) is 9.97. The molecular formula is C12H24O2. The van der Waals surface area contributed by atoms with Gasteiger partial charge in [-0.25, -0.2) is 0 Å². The standard InChI is InChI=1S/C12H24O2/c1-10(11(13)14)8-6-5-7-9-12(2,3)4/h10H,5-9H2,1-4H3,(H,13,14). The first kappa shape index (κ1) is 13.5. The first-order valence-corrected chi connectivity index (χ1v) is 5.56. The van der Waals surface area contributed by atoms with Gasteiger partial charge in [0.05, 0.1) is 5.92 Å². The van der Waals surface area contributed by atoms with Crippen LogP contribution >= 0.6 is 0 Å². The van der Waals surface area contributed by atoms with E-state index in [4.69, 9.17) is 5.11 Å². The highest BCUT2D eigenvalue weighted by Crippen LogP contribution is 2.22. The SMILES string of the molecule is CC(CCCCCC(C)(C)C)C(=O)O. The van der Waals surface area contributed by atoms with Crippen LogP contribution in [0.15, 0.2) is 0 Å². The lowest BCUT2D eigenvalue weighted by atomic mass is 9.89. The Labute approximate surface area is 87.7 Å². The summed E-state index contributed by atoms with van der Waals surface area (Å²) in [7, 11) is 0. The smallest absolute Gasteiger partial charge is 0.306 e. The highest BCUT2D eigenvalue weighted by atomic mass is 16.4. The van der Waals surface area contributed by atoms with Gasteiger partial charge < -0.3 is 5.11 Å². The van der Waals surface area contributed by atoms with Crippen molar-refractivity contribution in [2.75, 3.05) is 0 Å². The van der Waals surface area contributed by atoms with Crippen molar-refractivity contribution in [3.8, 4) is 0 Å². The van der Waals surface area contributed by atoms with Crippen LogP contribution in [0, 0.1) is 11.3 Å². The third kappa shape index (κ3) is 8.09.